The van der Waals surface area contributed by atoms with E-state index in [0.29, 0.717) is 0 Å². The summed E-state index contributed by atoms with van der Waals surface area (Å²) in [5.41, 5.74) is 7.77. The van der Waals surface area contributed by atoms with Gasteiger partial charge in [0.15, 0.2) is 0 Å². The molecule has 3 rings (SSSR count). The molecule has 0 spiro atoms. The number of ether oxygens (including phenoxy) is 1. The van der Waals surface area contributed by atoms with Crippen LogP contribution in [0, 0.1) is 13.8 Å². The summed E-state index contributed by atoms with van der Waals surface area (Å²) in [5.74, 6) is 0.964. The standard InChI is InChI=1S/C18H21NO/c1-12-10-18(20-3)13(2)9-16(12)14-6-7-17-15(11-14)5-4-8-19-17/h6-7,9-11,19H,4-5,8H2,1-3H3. The molecule has 20 heavy (non-hydrogen) atoms. The number of fused-ring (bicyclic) bond motifs is 1. The van der Waals surface area contributed by atoms with E-state index in [-0.39, 0.29) is 0 Å². The van der Waals surface area contributed by atoms with E-state index in [4.69, 9.17) is 4.74 Å². The second-order valence-corrected chi connectivity index (χ2v) is 5.54. The van der Waals surface area contributed by atoms with Crippen molar-refractivity contribution in [3.05, 3.63) is 47.0 Å². The van der Waals surface area contributed by atoms with E-state index in [9.17, 15) is 0 Å². The number of aryl methyl sites for hydroxylation is 3. The second kappa shape index (κ2) is 5.20. The van der Waals surface area contributed by atoms with Gasteiger partial charge in [0.25, 0.3) is 0 Å². The lowest BCUT2D eigenvalue weighted by molar-refractivity contribution is 0.411. The lowest BCUT2D eigenvalue weighted by atomic mass is 9.94. The first-order valence-corrected chi connectivity index (χ1v) is 7.21. The van der Waals surface area contributed by atoms with Crippen LogP contribution in [0.2, 0.25) is 0 Å². The molecule has 104 valence electrons. The molecule has 0 aromatic heterocycles. The van der Waals surface area contributed by atoms with E-state index >= 15 is 0 Å². The minimum Gasteiger partial charge on any atom is -0.496 e. The maximum atomic E-state index is 5.40. The number of methoxy groups -OCH3 is 1. The highest BCUT2D eigenvalue weighted by Crippen LogP contribution is 2.33. The molecule has 1 heterocycles. The van der Waals surface area contributed by atoms with Crippen molar-refractivity contribution in [2.75, 3.05) is 19.0 Å². The highest BCUT2D eigenvalue weighted by molar-refractivity contribution is 5.73. The largest absolute Gasteiger partial charge is 0.496 e. The molecule has 1 N–H and O–H groups in total. The van der Waals surface area contributed by atoms with Gasteiger partial charge >= 0.3 is 0 Å². The summed E-state index contributed by atoms with van der Waals surface area (Å²) in [6.45, 7) is 5.34. The summed E-state index contributed by atoms with van der Waals surface area (Å²) in [6.07, 6.45) is 2.39. The normalized spacial score (nSPS) is 13.6. The summed E-state index contributed by atoms with van der Waals surface area (Å²) in [5, 5.41) is 3.47. The number of nitrogens with one attached hydrogen (secondary N) is 1. The fraction of sp³-hybridized carbons (Fsp3) is 0.333. The molecule has 0 bridgehead atoms. The van der Waals surface area contributed by atoms with E-state index in [0.717, 1.165) is 12.3 Å². The molecule has 2 aromatic rings. The van der Waals surface area contributed by atoms with Crippen molar-refractivity contribution >= 4 is 5.69 Å². The Bertz CT molecular complexity index is 646. The molecule has 0 aliphatic carbocycles. The summed E-state index contributed by atoms with van der Waals surface area (Å²) in [6, 6.07) is 11.1. The monoisotopic (exact) mass is 267 g/mol. The van der Waals surface area contributed by atoms with Crippen LogP contribution in [0.5, 0.6) is 5.75 Å². The van der Waals surface area contributed by atoms with Gasteiger partial charge in [-0.15, -0.1) is 0 Å². The molecule has 0 unspecified atom stereocenters. The van der Waals surface area contributed by atoms with Gasteiger partial charge in [-0.3, -0.25) is 0 Å². The van der Waals surface area contributed by atoms with E-state index in [1.54, 1.807) is 7.11 Å². The van der Waals surface area contributed by atoms with Crippen LogP contribution in [0.3, 0.4) is 0 Å². The van der Waals surface area contributed by atoms with Crippen LogP contribution in [0.4, 0.5) is 5.69 Å². The van der Waals surface area contributed by atoms with Gasteiger partial charge in [-0.05, 0) is 78.8 Å². The van der Waals surface area contributed by atoms with Gasteiger partial charge in [0.05, 0.1) is 7.11 Å². The Hall–Kier alpha value is -1.96. The zero-order chi connectivity index (χ0) is 14.1. The predicted molar refractivity (Wildman–Crippen MR) is 84.7 cm³/mol. The number of hydrogen-bond acceptors (Lipinski definition) is 2. The third-order valence-electron chi connectivity index (χ3n) is 4.10. The third-order valence-corrected chi connectivity index (χ3v) is 4.10. The Labute approximate surface area is 120 Å². The summed E-state index contributed by atoms with van der Waals surface area (Å²) in [4.78, 5) is 0. The average molecular weight is 267 g/mol. The quantitative estimate of drug-likeness (QED) is 0.874. The Balaban J connectivity index is 2.07. The van der Waals surface area contributed by atoms with Crippen molar-refractivity contribution < 1.29 is 4.74 Å². The highest BCUT2D eigenvalue weighted by Gasteiger charge is 2.12. The lowest BCUT2D eigenvalue weighted by Gasteiger charge is -2.19. The first-order chi connectivity index (χ1) is 9.69. The van der Waals surface area contributed by atoms with Crippen LogP contribution in [0.1, 0.15) is 23.1 Å². The van der Waals surface area contributed by atoms with Crippen LogP contribution in [0.15, 0.2) is 30.3 Å². The minimum absolute atomic E-state index is 0.964. The summed E-state index contributed by atoms with van der Waals surface area (Å²) < 4.78 is 5.40. The topological polar surface area (TPSA) is 21.3 Å². The highest BCUT2D eigenvalue weighted by atomic mass is 16.5. The van der Waals surface area contributed by atoms with Crippen molar-refractivity contribution in [1.29, 1.82) is 0 Å². The average Bonchev–Trinajstić information content (AvgIpc) is 2.48. The minimum atomic E-state index is 0.964. The zero-order valence-electron chi connectivity index (χ0n) is 12.4. The lowest BCUT2D eigenvalue weighted by Crippen LogP contribution is -2.11. The first-order valence-electron chi connectivity index (χ1n) is 7.21. The molecular formula is C18H21NO. The van der Waals surface area contributed by atoms with Crippen LogP contribution in [0.25, 0.3) is 11.1 Å². The SMILES string of the molecule is COc1cc(C)c(-c2ccc3c(c2)CCCN3)cc1C. The number of hydrogen-bond donors (Lipinski definition) is 1. The van der Waals surface area contributed by atoms with Crippen molar-refractivity contribution in [1.82, 2.24) is 0 Å². The van der Waals surface area contributed by atoms with Crippen molar-refractivity contribution in [2.45, 2.75) is 26.7 Å². The van der Waals surface area contributed by atoms with E-state index in [1.807, 2.05) is 0 Å². The Morgan fingerprint density at radius 1 is 1.05 bits per heavy atom. The van der Waals surface area contributed by atoms with Gasteiger partial charge in [0, 0.05) is 12.2 Å². The molecule has 1 aliphatic heterocycles. The van der Waals surface area contributed by atoms with Crippen LogP contribution >= 0.6 is 0 Å². The maximum absolute atomic E-state index is 5.40. The molecule has 0 radical (unpaired) electrons. The molecule has 0 atom stereocenters. The smallest absolute Gasteiger partial charge is 0.122 e. The fourth-order valence-corrected chi connectivity index (χ4v) is 2.96. The molecule has 2 nitrogen and oxygen atoms in total. The molecule has 2 heteroatoms. The van der Waals surface area contributed by atoms with E-state index < -0.39 is 0 Å². The molecular weight excluding hydrogens is 246 g/mol. The second-order valence-electron chi connectivity index (χ2n) is 5.54. The predicted octanol–water partition coefficient (Wildman–Crippen LogP) is 4.34. The Kier molecular flexibility index (Phi) is 3.39. The molecule has 1 aliphatic rings. The van der Waals surface area contributed by atoms with Gasteiger partial charge < -0.3 is 10.1 Å². The maximum Gasteiger partial charge on any atom is 0.122 e. The number of benzene rings is 2. The van der Waals surface area contributed by atoms with Crippen molar-refractivity contribution in [3.8, 4) is 16.9 Å². The van der Waals surface area contributed by atoms with Gasteiger partial charge in [-0.2, -0.15) is 0 Å². The van der Waals surface area contributed by atoms with E-state index in [1.165, 1.54) is 46.3 Å². The number of rotatable bonds is 2. The third kappa shape index (κ3) is 2.26. The van der Waals surface area contributed by atoms with Crippen LogP contribution in [-0.4, -0.2) is 13.7 Å². The van der Waals surface area contributed by atoms with Crippen molar-refractivity contribution in [3.63, 3.8) is 0 Å². The van der Waals surface area contributed by atoms with Crippen molar-refractivity contribution in [2.24, 2.45) is 0 Å². The summed E-state index contributed by atoms with van der Waals surface area (Å²) >= 11 is 0. The molecule has 0 amide bonds. The van der Waals surface area contributed by atoms with Gasteiger partial charge in [0.1, 0.15) is 5.75 Å². The fourth-order valence-electron chi connectivity index (χ4n) is 2.96. The first kappa shape index (κ1) is 13.0. The Morgan fingerprint density at radius 3 is 2.70 bits per heavy atom. The van der Waals surface area contributed by atoms with Crippen LogP contribution in [-0.2, 0) is 6.42 Å². The van der Waals surface area contributed by atoms with Crippen LogP contribution < -0.4 is 10.1 Å². The molecule has 0 saturated heterocycles. The van der Waals surface area contributed by atoms with Gasteiger partial charge in [-0.1, -0.05) is 6.07 Å². The van der Waals surface area contributed by atoms with E-state index in [2.05, 4.69) is 49.5 Å². The molecule has 2 aromatic carbocycles. The summed E-state index contributed by atoms with van der Waals surface area (Å²) in [7, 11) is 1.73. The van der Waals surface area contributed by atoms with Gasteiger partial charge in [0.2, 0.25) is 0 Å². The number of anilines is 1. The molecule has 0 fully saturated rings. The van der Waals surface area contributed by atoms with Gasteiger partial charge in [-0.25, -0.2) is 0 Å². The Morgan fingerprint density at radius 2 is 1.90 bits per heavy atom. The molecule has 0 saturated carbocycles. The zero-order valence-corrected chi connectivity index (χ0v) is 12.4.